The van der Waals surface area contributed by atoms with E-state index in [1.807, 2.05) is 42.5 Å². The van der Waals surface area contributed by atoms with E-state index in [0.717, 1.165) is 74.0 Å². The predicted octanol–water partition coefficient (Wildman–Crippen LogP) is 5.19. The molecule has 3 aliphatic heterocycles. The van der Waals surface area contributed by atoms with E-state index in [0.29, 0.717) is 23.9 Å². The molecule has 7 rings (SSSR count). The summed E-state index contributed by atoms with van der Waals surface area (Å²) in [6.45, 7) is 3.69. The number of aromatic nitrogens is 1. The van der Waals surface area contributed by atoms with Gasteiger partial charge in [-0.05, 0) is 23.7 Å². The van der Waals surface area contributed by atoms with Gasteiger partial charge in [0.05, 0.1) is 18.8 Å². The quantitative estimate of drug-likeness (QED) is 0.428. The minimum absolute atomic E-state index is 0.0217. The number of hydrogen-bond donors (Lipinski definition) is 0. The van der Waals surface area contributed by atoms with Gasteiger partial charge in [-0.3, -0.25) is 0 Å². The summed E-state index contributed by atoms with van der Waals surface area (Å²) in [5.74, 6) is 1.62. The molecule has 190 valence electrons. The smallest absolute Gasteiger partial charge is 0.191 e. The Labute approximate surface area is 212 Å². The summed E-state index contributed by atoms with van der Waals surface area (Å²) in [7, 11) is 0. The van der Waals surface area contributed by atoms with Gasteiger partial charge in [-0.15, -0.1) is 0 Å². The van der Waals surface area contributed by atoms with Gasteiger partial charge in [0.25, 0.3) is 0 Å². The summed E-state index contributed by atoms with van der Waals surface area (Å²) >= 11 is 0. The molecule has 2 aromatic carbocycles. The van der Waals surface area contributed by atoms with Crippen molar-refractivity contribution in [3.8, 4) is 5.75 Å². The highest BCUT2D eigenvalue weighted by Gasteiger charge is 2.48. The first-order valence-corrected chi connectivity index (χ1v) is 13.5. The summed E-state index contributed by atoms with van der Waals surface area (Å²) in [6.07, 6.45) is 7.48. The number of piperidine rings is 3. The van der Waals surface area contributed by atoms with Gasteiger partial charge in [0.2, 0.25) is 0 Å². The zero-order valence-electron chi connectivity index (χ0n) is 20.8. The third-order valence-electron chi connectivity index (χ3n) is 8.94. The van der Waals surface area contributed by atoms with Crippen molar-refractivity contribution < 1.29 is 23.2 Å². The summed E-state index contributed by atoms with van der Waals surface area (Å²) in [6, 6.07) is 18.1. The Morgan fingerprint density at radius 1 is 0.972 bits per heavy atom. The molecule has 4 aliphatic rings. The van der Waals surface area contributed by atoms with Crippen LogP contribution in [0.4, 0.5) is 4.39 Å². The Balaban J connectivity index is 1.23. The van der Waals surface area contributed by atoms with E-state index in [1.54, 1.807) is 6.07 Å². The van der Waals surface area contributed by atoms with Crippen molar-refractivity contribution in [2.24, 2.45) is 11.8 Å². The Morgan fingerprint density at radius 3 is 2.50 bits per heavy atom. The lowest BCUT2D eigenvalue weighted by Gasteiger charge is -2.51. The molecule has 6 heteroatoms. The molecule has 3 saturated heterocycles. The fourth-order valence-electron chi connectivity index (χ4n) is 6.97. The zero-order valence-corrected chi connectivity index (χ0v) is 20.8. The van der Waals surface area contributed by atoms with Crippen LogP contribution in [0.15, 0.2) is 65.2 Å². The molecule has 2 bridgehead atoms. The fourth-order valence-corrected chi connectivity index (χ4v) is 6.97. The van der Waals surface area contributed by atoms with E-state index in [1.165, 1.54) is 18.6 Å². The molecule has 1 aromatic heterocycles. The second kappa shape index (κ2) is 9.64. The van der Waals surface area contributed by atoms with Crippen LogP contribution < -0.4 is 9.84 Å². The molecule has 2 atom stereocenters. The Hall–Kier alpha value is -2.70. The van der Waals surface area contributed by atoms with E-state index in [9.17, 15) is 9.50 Å². The largest absolute Gasteiger partial charge is 0.841 e. The number of halogens is 1. The zero-order chi connectivity index (χ0) is 24.6. The Morgan fingerprint density at radius 2 is 1.75 bits per heavy atom. The highest BCUT2D eigenvalue weighted by Crippen LogP contribution is 2.42. The maximum atomic E-state index is 14.6. The van der Waals surface area contributed by atoms with Crippen LogP contribution in [-0.2, 0) is 12.1 Å². The van der Waals surface area contributed by atoms with Crippen molar-refractivity contribution in [2.75, 3.05) is 19.6 Å². The summed E-state index contributed by atoms with van der Waals surface area (Å²) in [5.41, 5.74) is -0.0826. The third-order valence-corrected chi connectivity index (χ3v) is 8.94. The lowest BCUT2D eigenvalue weighted by Crippen LogP contribution is -2.64. The molecule has 1 aliphatic carbocycles. The van der Waals surface area contributed by atoms with Gasteiger partial charge in [-0.2, -0.15) is 0 Å². The maximum absolute atomic E-state index is 14.6. The molecule has 36 heavy (non-hydrogen) atoms. The van der Waals surface area contributed by atoms with E-state index in [2.05, 4.69) is 5.16 Å². The highest BCUT2D eigenvalue weighted by atomic mass is 19.1. The third kappa shape index (κ3) is 4.46. The van der Waals surface area contributed by atoms with Crippen LogP contribution in [0.2, 0.25) is 0 Å². The topological polar surface area (TPSA) is 58.3 Å². The van der Waals surface area contributed by atoms with Crippen LogP contribution in [0.25, 0.3) is 0 Å². The van der Waals surface area contributed by atoms with Crippen LogP contribution in [-0.4, -0.2) is 35.4 Å². The van der Waals surface area contributed by atoms with E-state index in [4.69, 9.17) is 9.26 Å². The van der Waals surface area contributed by atoms with Crippen LogP contribution in [0.1, 0.15) is 62.0 Å². The summed E-state index contributed by atoms with van der Waals surface area (Å²) in [5, 5.41) is 19.0. The summed E-state index contributed by atoms with van der Waals surface area (Å²) in [4.78, 5) is 0. The molecule has 1 unspecified atom stereocenters. The average molecular weight is 491 g/mol. The molecular formula is C30H35FN2O3. The number of ether oxygens (including phenoxy) is 1. The first kappa shape index (κ1) is 23.7. The van der Waals surface area contributed by atoms with Crippen molar-refractivity contribution in [1.82, 2.24) is 5.16 Å². The second-order valence-corrected chi connectivity index (χ2v) is 11.2. The fraction of sp³-hybridized carbons (Fsp3) is 0.500. The van der Waals surface area contributed by atoms with Gasteiger partial charge in [-0.1, -0.05) is 79.2 Å². The predicted molar refractivity (Wildman–Crippen MR) is 132 cm³/mol. The van der Waals surface area contributed by atoms with Gasteiger partial charge in [0.15, 0.2) is 11.9 Å². The van der Waals surface area contributed by atoms with Crippen molar-refractivity contribution in [1.29, 1.82) is 0 Å². The van der Waals surface area contributed by atoms with Gasteiger partial charge in [0, 0.05) is 30.9 Å². The monoisotopic (exact) mass is 490 g/mol. The number of quaternary nitrogens is 1. The van der Waals surface area contributed by atoms with Crippen LogP contribution >= 0.6 is 0 Å². The molecule has 0 radical (unpaired) electrons. The Bertz CT molecular complexity index is 1170. The molecule has 3 aromatic rings. The van der Waals surface area contributed by atoms with Crippen LogP contribution in [0.5, 0.6) is 5.75 Å². The molecular weight excluding hydrogens is 455 g/mol. The van der Waals surface area contributed by atoms with Crippen molar-refractivity contribution in [3.63, 3.8) is 0 Å². The van der Waals surface area contributed by atoms with Crippen molar-refractivity contribution in [2.45, 2.75) is 63.2 Å². The summed E-state index contributed by atoms with van der Waals surface area (Å²) < 4.78 is 26.7. The lowest BCUT2D eigenvalue weighted by atomic mass is 9.71. The minimum Gasteiger partial charge on any atom is -0.841 e. The van der Waals surface area contributed by atoms with Crippen LogP contribution in [0.3, 0.4) is 0 Å². The SMILES string of the molecule is [O-][C@](c1ccccc1)(c1cc(C[N+]23CCC(CC2)C(Oc2cccc(F)c2)C3)on1)C1CCCCC1. The van der Waals surface area contributed by atoms with Gasteiger partial charge in [-0.25, -0.2) is 4.39 Å². The maximum Gasteiger partial charge on any atom is 0.191 e. The van der Waals surface area contributed by atoms with Crippen molar-refractivity contribution >= 4 is 0 Å². The van der Waals surface area contributed by atoms with E-state index >= 15 is 0 Å². The normalized spacial score (nSPS) is 28.1. The van der Waals surface area contributed by atoms with Gasteiger partial charge < -0.3 is 18.8 Å². The van der Waals surface area contributed by atoms with E-state index < -0.39 is 5.60 Å². The number of nitrogens with zero attached hydrogens (tertiary/aromatic N) is 2. The first-order valence-electron chi connectivity index (χ1n) is 13.5. The van der Waals surface area contributed by atoms with Gasteiger partial charge >= 0.3 is 0 Å². The second-order valence-electron chi connectivity index (χ2n) is 11.2. The van der Waals surface area contributed by atoms with E-state index in [-0.39, 0.29) is 17.8 Å². The van der Waals surface area contributed by atoms with Crippen LogP contribution in [0, 0.1) is 17.7 Å². The number of benzene rings is 2. The molecule has 0 amide bonds. The molecule has 4 heterocycles. The molecule has 1 saturated carbocycles. The molecule has 0 N–H and O–H groups in total. The number of rotatable bonds is 7. The molecule has 0 spiro atoms. The minimum atomic E-state index is -1.39. The molecule has 5 nitrogen and oxygen atoms in total. The Kier molecular flexibility index (Phi) is 6.34. The number of hydrogen-bond acceptors (Lipinski definition) is 4. The molecule has 4 fully saturated rings. The van der Waals surface area contributed by atoms with Gasteiger partial charge in [0.1, 0.15) is 24.7 Å². The standard InChI is InChI=1S/C30H35FN2O3/c31-25-12-7-13-26(18-25)35-28-21-33(16-14-22(28)15-17-33)20-27-19-29(32-36-27)30(34,23-8-3-1-4-9-23)24-10-5-2-6-11-24/h1,3-4,7-9,12-13,18-19,22,24,28H,2,5-6,10-11,14-17,20-21H2/t22?,28?,30-,33?/m0/s1. The highest BCUT2D eigenvalue weighted by molar-refractivity contribution is 5.33. The average Bonchev–Trinajstić information content (AvgIpc) is 3.38. The first-order chi connectivity index (χ1) is 17.5. The lowest BCUT2D eigenvalue weighted by molar-refractivity contribution is -0.959. The van der Waals surface area contributed by atoms with Crippen molar-refractivity contribution in [3.05, 3.63) is 83.5 Å². The number of fused-ring (bicyclic) bond motifs is 3.